The smallest absolute Gasteiger partial charge is 0.269 e. The number of benzene rings is 1. The van der Waals surface area contributed by atoms with E-state index in [0.717, 1.165) is 15.6 Å². The second kappa shape index (κ2) is 8.53. The van der Waals surface area contributed by atoms with Crippen molar-refractivity contribution >= 4 is 50.0 Å². The van der Waals surface area contributed by atoms with Crippen LogP contribution in [0.4, 0.5) is 0 Å². The van der Waals surface area contributed by atoms with Crippen molar-refractivity contribution in [2.45, 2.75) is 0 Å². The summed E-state index contributed by atoms with van der Waals surface area (Å²) < 4.78 is 17.0. The first-order chi connectivity index (χ1) is 12.6. The van der Waals surface area contributed by atoms with Gasteiger partial charge in [-0.05, 0) is 51.1 Å². The Morgan fingerprint density at radius 1 is 1.46 bits per heavy atom. The Hall–Kier alpha value is -2.09. The maximum atomic E-state index is 6.35. The molecule has 0 fully saturated rings. The van der Waals surface area contributed by atoms with Crippen molar-refractivity contribution in [1.29, 1.82) is 0 Å². The third-order valence-electron chi connectivity index (χ3n) is 3.30. The van der Waals surface area contributed by atoms with E-state index in [4.69, 9.17) is 25.6 Å². The van der Waals surface area contributed by atoms with Crippen LogP contribution in [0.15, 0.2) is 50.6 Å². The van der Waals surface area contributed by atoms with Gasteiger partial charge in [0.2, 0.25) is 5.82 Å². The van der Waals surface area contributed by atoms with E-state index in [-0.39, 0.29) is 5.89 Å². The Kier molecular flexibility index (Phi) is 6.13. The molecule has 3 rings (SSSR count). The molecule has 0 aliphatic rings. The number of nitrogens with zero attached hydrogens (tertiary/aromatic N) is 2. The van der Waals surface area contributed by atoms with Crippen LogP contribution in [0.2, 0.25) is 0 Å². The SMILES string of the molecule is C=CCOc1c(Br)cc(C=C(Cl)c2nc(-c3ccsc3)no2)cc1OC. The highest BCUT2D eigenvalue weighted by Crippen LogP contribution is 2.38. The lowest BCUT2D eigenvalue weighted by Gasteiger charge is -2.12. The number of thiophene rings is 1. The Balaban J connectivity index is 1.89. The molecule has 8 heteroatoms. The van der Waals surface area contributed by atoms with Crippen LogP contribution in [0.1, 0.15) is 11.5 Å². The summed E-state index contributed by atoms with van der Waals surface area (Å²) in [6, 6.07) is 5.59. The monoisotopic (exact) mass is 452 g/mol. The quantitative estimate of drug-likeness (QED) is 0.419. The summed E-state index contributed by atoms with van der Waals surface area (Å²) >= 11 is 11.4. The zero-order valence-corrected chi connectivity index (χ0v) is 16.9. The minimum absolute atomic E-state index is 0.245. The predicted octanol–water partition coefficient (Wildman–Crippen LogP) is 5.87. The van der Waals surface area contributed by atoms with Gasteiger partial charge in [0.05, 0.1) is 11.6 Å². The topological polar surface area (TPSA) is 57.4 Å². The maximum absolute atomic E-state index is 6.35. The maximum Gasteiger partial charge on any atom is 0.269 e. The Morgan fingerprint density at radius 2 is 2.31 bits per heavy atom. The summed E-state index contributed by atoms with van der Waals surface area (Å²) in [5.41, 5.74) is 1.68. The number of hydrogen-bond donors (Lipinski definition) is 0. The molecule has 0 N–H and O–H groups in total. The lowest BCUT2D eigenvalue weighted by Crippen LogP contribution is -1.97. The largest absolute Gasteiger partial charge is 0.493 e. The molecule has 0 atom stereocenters. The van der Waals surface area contributed by atoms with E-state index in [1.54, 1.807) is 30.6 Å². The van der Waals surface area contributed by atoms with Gasteiger partial charge in [-0.25, -0.2) is 0 Å². The van der Waals surface area contributed by atoms with Crippen LogP contribution in [-0.4, -0.2) is 23.9 Å². The van der Waals surface area contributed by atoms with Crippen molar-refractivity contribution in [3.8, 4) is 22.9 Å². The first kappa shape index (κ1) is 18.7. The Bertz CT molecular complexity index is 938. The number of halogens is 2. The molecule has 2 aromatic heterocycles. The zero-order chi connectivity index (χ0) is 18.5. The van der Waals surface area contributed by atoms with Crippen molar-refractivity contribution in [2.24, 2.45) is 0 Å². The number of methoxy groups -OCH3 is 1. The fourth-order valence-electron chi connectivity index (χ4n) is 2.14. The normalized spacial score (nSPS) is 11.4. The molecular formula is C18H14BrClN2O3S. The van der Waals surface area contributed by atoms with E-state index in [1.807, 2.05) is 29.0 Å². The van der Waals surface area contributed by atoms with Gasteiger partial charge in [0.1, 0.15) is 11.6 Å². The van der Waals surface area contributed by atoms with Crippen LogP contribution in [-0.2, 0) is 0 Å². The van der Waals surface area contributed by atoms with Crippen molar-refractivity contribution in [3.63, 3.8) is 0 Å². The van der Waals surface area contributed by atoms with Gasteiger partial charge < -0.3 is 14.0 Å². The van der Waals surface area contributed by atoms with Gasteiger partial charge in [-0.2, -0.15) is 16.3 Å². The highest BCUT2D eigenvalue weighted by atomic mass is 79.9. The summed E-state index contributed by atoms with van der Waals surface area (Å²) in [4.78, 5) is 4.32. The van der Waals surface area contributed by atoms with Gasteiger partial charge in [-0.3, -0.25) is 0 Å². The van der Waals surface area contributed by atoms with Gasteiger partial charge in [0, 0.05) is 10.9 Å². The first-order valence-electron chi connectivity index (χ1n) is 7.47. The van der Waals surface area contributed by atoms with E-state index in [9.17, 15) is 0 Å². The van der Waals surface area contributed by atoms with Crippen molar-refractivity contribution < 1.29 is 14.0 Å². The molecule has 26 heavy (non-hydrogen) atoms. The van der Waals surface area contributed by atoms with E-state index < -0.39 is 0 Å². The average molecular weight is 454 g/mol. The van der Waals surface area contributed by atoms with Gasteiger partial charge in [-0.15, -0.1) is 0 Å². The van der Waals surface area contributed by atoms with Gasteiger partial charge in [-0.1, -0.05) is 29.4 Å². The molecule has 1 aromatic carbocycles. The molecule has 0 amide bonds. The van der Waals surface area contributed by atoms with E-state index in [2.05, 4.69) is 32.6 Å². The predicted molar refractivity (Wildman–Crippen MR) is 108 cm³/mol. The second-order valence-electron chi connectivity index (χ2n) is 5.06. The molecule has 0 saturated carbocycles. The van der Waals surface area contributed by atoms with Crippen molar-refractivity contribution in [2.75, 3.05) is 13.7 Å². The molecule has 0 saturated heterocycles. The lowest BCUT2D eigenvalue weighted by molar-refractivity contribution is 0.324. The standard InChI is InChI=1S/C18H14BrClN2O3S/c1-3-5-24-16-13(19)7-11(9-15(16)23-2)8-14(20)18-21-17(22-25-18)12-4-6-26-10-12/h3-4,6-10H,1,5H2,2H3. The summed E-state index contributed by atoms with van der Waals surface area (Å²) in [6.45, 7) is 4.01. The minimum atomic E-state index is 0.245. The molecular weight excluding hydrogens is 440 g/mol. The van der Waals surface area contributed by atoms with Crippen molar-refractivity contribution in [1.82, 2.24) is 10.1 Å². The average Bonchev–Trinajstić information content (AvgIpc) is 3.31. The fourth-order valence-corrected chi connectivity index (χ4v) is 3.55. The molecule has 0 aliphatic carbocycles. The summed E-state index contributed by atoms with van der Waals surface area (Å²) in [5.74, 6) is 1.91. The molecule has 3 aromatic rings. The number of hydrogen-bond acceptors (Lipinski definition) is 6. The summed E-state index contributed by atoms with van der Waals surface area (Å²) in [5, 5.41) is 8.17. The van der Waals surface area contributed by atoms with E-state index in [0.29, 0.717) is 29.0 Å². The third-order valence-corrected chi connectivity index (χ3v) is 4.84. The Morgan fingerprint density at radius 3 is 3.00 bits per heavy atom. The molecule has 0 bridgehead atoms. The molecule has 5 nitrogen and oxygen atoms in total. The summed E-state index contributed by atoms with van der Waals surface area (Å²) in [7, 11) is 1.57. The molecule has 0 aliphatic heterocycles. The zero-order valence-electron chi connectivity index (χ0n) is 13.7. The van der Waals surface area contributed by atoms with Gasteiger partial charge in [0.25, 0.3) is 5.89 Å². The summed E-state index contributed by atoms with van der Waals surface area (Å²) in [6.07, 6.45) is 3.38. The van der Waals surface area contributed by atoms with Crippen LogP contribution < -0.4 is 9.47 Å². The van der Waals surface area contributed by atoms with Gasteiger partial charge >= 0.3 is 0 Å². The molecule has 134 valence electrons. The Labute approximate surface area is 168 Å². The van der Waals surface area contributed by atoms with Crippen LogP contribution in [0, 0.1) is 0 Å². The van der Waals surface area contributed by atoms with Crippen LogP contribution in [0.5, 0.6) is 11.5 Å². The molecule has 2 heterocycles. The number of ether oxygens (including phenoxy) is 2. The fraction of sp³-hybridized carbons (Fsp3) is 0.111. The highest BCUT2D eigenvalue weighted by molar-refractivity contribution is 9.10. The van der Waals surface area contributed by atoms with Crippen molar-refractivity contribution in [3.05, 3.63) is 57.5 Å². The highest BCUT2D eigenvalue weighted by Gasteiger charge is 2.14. The third kappa shape index (κ3) is 4.17. The van der Waals surface area contributed by atoms with Crippen LogP contribution in [0.25, 0.3) is 22.5 Å². The van der Waals surface area contributed by atoms with E-state index in [1.165, 1.54) is 0 Å². The second-order valence-corrected chi connectivity index (χ2v) is 7.10. The molecule has 0 unspecified atom stereocenters. The van der Waals surface area contributed by atoms with Crippen LogP contribution >= 0.6 is 38.9 Å². The van der Waals surface area contributed by atoms with E-state index >= 15 is 0 Å². The number of rotatable bonds is 7. The van der Waals surface area contributed by atoms with Crippen LogP contribution in [0.3, 0.4) is 0 Å². The van der Waals surface area contributed by atoms with Gasteiger partial charge in [0.15, 0.2) is 11.5 Å². The minimum Gasteiger partial charge on any atom is -0.493 e. The molecule has 0 radical (unpaired) electrons. The lowest BCUT2D eigenvalue weighted by atomic mass is 10.2. The molecule has 0 spiro atoms. The first-order valence-corrected chi connectivity index (χ1v) is 9.59. The number of aromatic nitrogens is 2.